The fourth-order valence-electron chi connectivity index (χ4n) is 1.14. The van der Waals surface area contributed by atoms with E-state index in [1.165, 1.54) is 0 Å². The Morgan fingerprint density at radius 1 is 1.44 bits per heavy atom. The van der Waals surface area contributed by atoms with Crippen LogP contribution in [0.15, 0.2) is 6.20 Å². The minimum Gasteiger partial charge on any atom is -0.385 e. The summed E-state index contributed by atoms with van der Waals surface area (Å²) in [5.74, 6) is 1.28. The van der Waals surface area contributed by atoms with Crippen LogP contribution in [0.5, 0.6) is 0 Å². The number of nitrogens with one attached hydrogen (secondary N) is 2. The van der Waals surface area contributed by atoms with Crippen molar-refractivity contribution in [1.82, 2.24) is 15.2 Å². The Bertz CT molecular complexity index is 305. The molecule has 0 unspecified atom stereocenters. The van der Waals surface area contributed by atoms with E-state index in [2.05, 4.69) is 25.8 Å². The van der Waals surface area contributed by atoms with E-state index in [0.717, 1.165) is 25.4 Å². The molecule has 0 aliphatic heterocycles. The average molecular weight is 225 g/mol. The smallest absolute Gasteiger partial charge is 0.244 e. The lowest BCUT2D eigenvalue weighted by atomic mass is 10.4. The Kier molecular flexibility index (Phi) is 5.49. The minimum absolute atomic E-state index is 0.297. The predicted octanol–water partition coefficient (Wildman–Crippen LogP) is 1.14. The Hall–Kier alpha value is -1.43. The summed E-state index contributed by atoms with van der Waals surface area (Å²) in [6, 6.07) is 0.297. The molecule has 1 aromatic rings. The van der Waals surface area contributed by atoms with Crippen molar-refractivity contribution in [2.45, 2.75) is 26.3 Å². The Labute approximate surface area is 95.8 Å². The second kappa shape index (κ2) is 6.95. The molecule has 0 bridgehead atoms. The van der Waals surface area contributed by atoms with Crippen molar-refractivity contribution in [2.24, 2.45) is 0 Å². The largest absolute Gasteiger partial charge is 0.385 e. The topological polar surface area (TPSA) is 72.0 Å². The molecule has 0 saturated carbocycles. The normalized spacial score (nSPS) is 10.5. The van der Waals surface area contributed by atoms with Crippen LogP contribution in [0.3, 0.4) is 0 Å². The van der Waals surface area contributed by atoms with Gasteiger partial charge in [0, 0.05) is 26.3 Å². The first kappa shape index (κ1) is 12.6. The fraction of sp³-hybridized carbons (Fsp3) is 0.700. The number of aromatic nitrogens is 3. The van der Waals surface area contributed by atoms with Crippen molar-refractivity contribution < 1.29 is 4.74 Å². The maximum Gasteiger partial charge on any atom is 0.244 e. The van der Waals surface area contributed by atoms with Crippen LogP contribution in [-0.2, 0) is 4.74 Å². The summed E-state index contributed by atoms with van der Waals surface area (Å²) < 4.78 is 4.96. The van der Waals surface area contributed by atoms with Crippen molar-refractivity contribution in [3.8, 4) is 0 Å². The molecular formula is C10H19N5O. The van der Waals surface area contributed by atoms with Gasteiger partial charge < -0.3 is 15.4 Å². The van der Waals surface area contributed by atoms with Crippen LogP contribution < -0.4 is 10.6 Å². The summed E-state index contributed by atoms with van der Waals surface area (Å²) in [6.45, 7) is 5.61. The monoisotopic (exact) mass is 225 g/mol. The number of anilines is 2. The summed E-state index contributed by atoms with van der Waals surface area (Å²) in [6.07, 6.45) is 2.55. The van der Waals surface area contributed by atoms with E-state index in [0.29, 0.717) is 12.0 Å². The Balaban J connectivity index is 2.41. The van der Waals surface area contributed by atoms with E-state index in [-0.39, 0.29) is 0 Å². The number of nitrogens with zero attached hydrogens (tertiary/aromatic N) is 3. The maximum absolute atomic E-state index is 4.96. The van der Waals surface area contributed by atoms with Gasteiger partial charge in [-0.1, -0.05) is 0 Å². The van der Waals surface area contributed by atoms with Gasteiger partial charge in [0.05, 0.1) is 6.20 Å². The predicted molar refractivity (Wildman–Crippen MR) is 63.6 cm³/mol. The van der Waals surface area contributed by atoms with E-state index in [1.807, 2.05) is 13.8 Å². The molecule has 0 aliphatic carbocycles. The zero-order valence-electron chi connectivity index (χ0n) is 10.0. The molecular weight excluding hydrogens is 206 g/mol. The summed E-state index contributed by atoms with van der Waals surface area (Å²) in [5.41, 5.74) is 0. The first-order valence-corrected chi connectivity index (χ1v) is 5.41. The van der Waals surface area contributed by atoms with E-state index in [9.17, 15) is 0 Å². The second-order valence-electron chi connectivity index (χ2n) is 3.74. The number of methoxy groups -OCH3 is 1. The molecule has 1 aromatic heterocycles. The molecule has 0 aromatic carbocycles. The van der Waals surface area contributed by atoms with Crippen LogP contribution >= 0.6 is 0 Å². The molecule has 0 radical (unpaired) electrons. The Morgan fingerprint density at radius 3 is 2.94 bits per heavy atom. The van der Waals surface area contributed by atoms with E-state index >= 15 is 0 Å². The Morgan fingerprint density at radius 2 is 2.25 bits per heavy atom. The lowest BCUT2D eigenvalue weighted by molar-refractivity contribution is 0.197. The van der Waals surface area contributed by atoms with Crippen LogP contribution in [-0.4, -0.2) is 41.5 Å². The number of hydrogen-bond donors (Lipinski definition) is 2. The van der Waals surface area contributed by atoms with Crippen molar-refractivity contribution in [2.75, 3.05) is 30.9 Å². The number of hydrogen-bond acceptors (Lipinski definition) is 6. The van der Waals surface area contributed by atoms with E-state index in [1.54, 1.807) is 13.3 Å². The summed E-state index contributed by atoms with van der Waals surface area (Å²) in [7, 11) is 1.69. The summed E-state index contributed by atoms with van der Waals surface area (Å²) in [5, 5.41) is 14.0. The summed E-state index contributed by atoms with van der Waals surface area (Å²) in [4.78, 5) is 4.27. The minimum atomic E-state index is 0.297. The van der Waals surface area contributed by atoms with Gasteiger partial charge in [0.25, 0.3) is 0 Å². The molecule has 0 saturated heterocycles. The molecule has 2 N–H and O–H groups in total. The van der Waals surface area contributed by atoms with Gasteiger partial charge in [-0.2, -0.15) is 10.1 Å². The fourth-order valence-corrected chi connectivity index (χ4v) is 1.14. The molecule has 16 heavy (non-hydrogen) atoms. The van der Waals surface area contributed by atoms with Gasteiger partial charge in [-0.25, -0.2) is 0 Å². The second-order valence-corrected chi connectivity index (χ2v) is 3.74. The average Bonchev–Trinajstić information content (AvgIpc) is 2.24. The summed E-state index contributed by atoms with van der Waals surface area (Å²) >= 11 is 0. The molecule has 0 aliphatic rings. The van der Waals surface area contributed by atoms with Gasteiger partial charge in [-0.3, -0.25) is 0 Å². The molecule has 0 spiro atoms. The van der Waals surface area contributed by atoms with Gasteiger partial charge in [0.2, 0.25) is 5.95 Å². The van der Waals surface area contributed by atoms with Crippen molar-refractivity contribution in [3.05, 3.63) is 6.20 Å². The van der Waals surface area contributed by atoms with E-state index < -0.39 is 0 Å². The molecule has 90 valence electrons. The third-order valence-electron chi connectivity index (χ3n) is 1.81. The highest BCUT2D eigenvalue weighted by Gasteiger charge is 2.01. The maximum atomic E-state index is 4.96. The molecule has 6 heteroatoms. The van der Waals surface area contributed by atoms with E-state index in [4.69, 9.17) is 4.74 Å². The van der Waals surface area contributed by atoms with Gasteiger partial charge >= 0.3 is 0 Å². The molecule has 0 fully saturated rings. The molecule has 6 nitrogen and oxygen atoms in total. The first-order chi connectivity index (χ1) is 7.72. The molecule has 0 atom stereocenters. The van der Waals surface area contributed by atoms with Gasteiger partial charge in [-0.15, -0.1) is 5.10 Å². The van der Waals surface area contributed by atoms with Crippen molar-refractivity contribution >= 4 is 11.8 Å². The van der Waals surface area contributed by atoms with Crippen LogP contribution in [0.1, 0.15) is 20.3 Å². The lowest BCUT2D eigenvalue weighted by Gasteiger charge is -2.09. The molecule has 0 amide bonds. The third kappa shape index (κ3) is 4.88. The van der Waals surface area contributed by atoms with Gasteiger partial charge in [-0.05, 0) is 20.3 Å². The van der Waals surface area contributed by atoms with Crippen LogP contribution in [0.2, 0.25) is 0 Å². The van der Waals surface area contributed by atoms with Crippen molar-refractivity contribution in [1.29, 1.82) is 0 Å². The zero-order chi connectivity index (χ0) is 11.8. The quantitative estimate of drug-likeness (QED) is 0.678. The highest BCUT2D eigenvalue weighted by Crippen LogP contribution is 2.04. The molecule has 1 heterocycles. The highest BCUT2D eigenvalue weighted by atomic mass is 16.5. The first-order valence-electron chi connectivity index (χ1n) is 5.41. The highest BCUT2D eigenvalue weighted by molar-refractivity contribution is 5.37. The molecule has 1 rings (SSSR count). The van der Waals surface area contributed by atoms with Crippen LogP contribution in [0, 0.1) is 0 Å². The lowest BCUT2D eigenvalue weighted by Crippen LogP contribution is -2.14. The third-order valence-corrected chi connectivity index (χ3v) is 1.81. The standard InChI is InChI=1S/C10H19N5O/c1-8(2)13-10-14-9(7-12-15-10)11-5-4-6-16-3/h7-8H,4-6H2,1-3H3,(H2,11,13,14,15). The SMILES string of the molecule is COCCCNc1cnnc(NC(C)C)n1. The van der Waals surface area contributed by atoms with Gasteiger partial charge in [0.1, 0.15) is 0 Å². The van der Waals surface area contributed by atoms with Gasteiger partial charge in [0.15, 0.2) is 5.82 Å². The number of rotatable bonds is 7. The van der Waals surface area contributed by atoms with Crippen LogP contribution in [0.4, 0.5) is 11.8 Å². The zero-order valence-corrected chi connectivity index (χ0v) is 10.0. The van der Waals surface area contributed by atoms with Crippen molar-refractivity contribution in [3.63, 3.8) is 0 Å². The van der Waals surface area contributed by atoms with Crippen LogP contribution in [0.25, 0.3) is 0 Å². The number of ether oxygens (including phenoxy) is 1.